The number of hydrogen-bond donors (Lipinski definition) is 1. The molecule has 1 N–H and O–H groups in total. The number of carboxylic acids is 1. The highest BCUT2D eigenvalue weighted by Gasteiger charge is 2.41. The first kappa shape index (κ1) is 26.1. The maximum Gasteiger partial charge on any atom is 0.417 e. The van der Waals surface area contributed by atoms with E-state index >= 15 is 4.39 Å². The zero-order valence-corrected chi connectivity index (χ0v) is 18.6. The summed E-state index contributed by atoms with van der Waals surface area (Å²) in [7, 11) is 0. The Morgan fingerprint density at radius 1 is 1.23 bits per heavy atom. The van der Waals surface area contributed by atoms with Gasteiger partial charge < -0.3 is 14.7 Å². The van der Waals surface area contributed by atoms with Crippen LogP contribution in [0.25, 0.3) is 5.57 Å². The molecule has 2 aromatic carbocycles. The van der Waals surface area contributed by atoms with Crippen LogP contribution < -0.4 is 9.64 Å². The van der Waals surface area contributed by atoms with E-state index in [9.17, 15) is 36.6 Å². The maximum absolute atomic E-state index is 15.5. The van der Waals surface area contributed by atoms with E-state index < -0.39 is 72.0 Å². The van der Waals surface area contributed by atoms with Gasteiger partial charge in [-0.2, -0.15) is 13.2 Å². The molecular weight excluding hydrogens is 480 g/mol. The van der Waals surface area contributed by atoms with E-state index in [0.717, 1.165) is 49.1 Å². The standard InChI is InChI=1S/C24H21F6NO4/c1-13(25)12-35-15-4-5-16(19(10-15)24(28,29)30)22(34)31-8-7-23(2,27)18(11-21(32)33)17-9-14(26)3-6-20(17)31/h3-6,9-11,13H,7-8,12H2,1-2H3,(H,32,33)/b18-11-/t13-,23?/m1/s1. The average molecular weight is 501 g/mol. The molecule has 11 heteroatoms. The van der Waals surface area contributed by atoms with Crippen LogP contribution in [-0.2, 0) is 11.0 Å². The number of fused-ring (bicyclic) bond motifs is 1. The number of halogens is 6. The molecule has 0 fully saturated rings. The summed E-state index contributed by atoms with van der Waals surface area (Å²) < 4.78 is 89.0. The molecule has 1 amide bonds. The van der Waals surface area contributed by atoms with Crippen LogP contribution >= 0.6 is 0 Å². The predicted molar refractivity (Wildman–Crippen MR) is 115 cm³/mol. The van der Waals surface area contributed by atoms with E-state index in [1.54, 1.807) is 0 Å². The van der Waals surface area contributed by atoms with E-state index in [0.29, 0.717) is 12.1 Å². The molecule has 0 spiro atoms. The third kappa shape index (κ3) is 5.77. The fraction of sp³-hybridized carbons (Fsp3) is 0.333. The Bertz CT molecular complexity index is 1170. The van der Waals surface area contributed by atoms with Gasteiger partial charge in [0.15, 0.2) is 0 Å². The molecule has 0 saturated heterocycles. The number of aliphatic carboxylic acids is 1. The summed E-state index contributed by atoms with van der Waals surface area (Å²) in [6.07, 6.45) is -6.36. The van der Waals surface area contributed by atoms with Crippen molar-refractivity contribution in [1.29, 1.82) is 0 Å². The quantitative estimate of drug-likeness (QED) is 0.414. The highest BCUT2D eigenvalue weighted by molar-refractivity contribution is 6.09. The number of carbonyl (C=O) groups excluding carboxylic acids is 1. The summed E-state index contributed by atoms with van der Waals surface area (Å²) in [4.78, 5) is 25.5. The first-order valence-electron chi connectivity index (χ1n) is 10.4. The number of allylic oxidation sites excluding steroid dienone is 1. The molecule has 0 aliphatic carbocycles. The topological polar surface area (TPSA) is 66.8 Å². The number of hydrogen-bond acceptors (Lipinski definition) is 3. The van der Waals surface area contributed by atoms with Crippen LogP contribution in [0.4, 0.5) is 32.0 Å². The Morgan fingerprint density at radius 2 is 1.91 bits per heavy atom. The summed E-state index contributed by atoms with van der Waals surface area (Å²) in [5, 5.41) is 9.19. The number of benzene rings is 2. The number of alkyl halides is 5. The molecule has 0 bridgehead atoms. The lowest BCUT2D eigenvalue weighted by Crippen LogP contribution is -2.34. The molecule has 0 saturated carbocycles. The Hall–Kier alpha value is -3.50. The number of amides is 1. The van der Waals surface area contributed by atoms with E-state index in [1.165, 1.54) is 0 Å². The van der Waals surface area contributed by atoms with Crippen molar-refractivity contribution in [3.8, 4) is 5.75 Å². The lowest BCUT2D eigenvalue weighted by atomic mass is 9.88. The number of rotatable bonds is 5. The molecule has 2 atom stereocenters. The third-order valence-corrected chi connectivity index (χ3v) is 5.43. The van der Waals surface area contributed by atoms with Crippen molar-refractivity contribution in [2.75, 3.05) is 18.1 Å². The molecule has 3 rings (SSSR count). The average Bonchev–Trinajstić information content (AvgIpc) is 2.85. The van der Waals surface area contributed by atoms with E-state index in [1.807, 2.05) is 0 Å². The zero-order chi connectivity index (χ0) is 26.1. The van der Waals surface area contributed by atoms with Gasteiger partial charge in [-0.05, 0) is 50.2 Å². The minimum Gasteiger partial charge on any atom is -0.491 e. The van der Waals surface area contributed by atoms with Crippen LogP contribution in [0.3, 0.4) is 0 Å². The van der Waals surface area contributed by atoms with Crippen LogP contribution in [0, 0.1) is 5.82 Å². The number of ether oxygens (including phenoxy) is 1. The van der Waals surface area contributed by atoms with Crippen LogP contribution in [0.5, 0.6) is 5.75 Å². The second-order valence-electron chi connectivity index (χ2n) is 8.26. The summed E-state index contributed by atoms with van der Waals surface area (Å²) in [5.41, 5.74) is -5.32. The van der Waals surface area contributed by atoms with Crippen molar-refractivity contribution < 1.29 is 45.8 Å². The SMILES string of the molecule is C[C@@H](F)COc1ccc(C(=O)N2CCC(C)(F)/C(=C\C(=O)O)c3cc(F)ccc32)c(C(F)(F)F)c1. The number of nitrogens with zero attached hydrogens (tertiary/aromatic N) is 1. The van der Waals surface area contributed by atoms with Crippen LogP contribution in [0.1, 0.15) is 41.8 Å². The van der Waals surface area contributed by atoms with E-state index in [4.69, 9.17) is 4.74 Å². The Labute approximate surface area is 196 Å². The monoisotopic (exact) mass is 501 g/mol. The summed E-state index contributed by atoms with van der Waals surface area (Å²) in [5.74, 6) is -3.84. The highest BCUT2D eigenvalue weighted by Crippen LogP contribution is 2.43. The minimum absolute atomic E-state index is 0.148. The van der Waals surface area contributed by atoms with Gasteiger partial charge >= 0.3 is 12.1 Å². The largest absolute Gasteiger partial charge is 0.491 e. The van der Waals surface area contributed by atoms with Crippen molar-refractivity contribution in [3.63, 3.8) is 0 Å². The molecule has 5 nitrogen and oxygen atoms in total. The smallest absolute Gasteiger partial charge is 0.417 e. The summed E-state index contributed by atoms with van der Waals surface area (Å²) in [6, 6.07) is 5.33. The fourth-order valence-corrected chi connectivity index (χ4v) is 3.77. The molecule has 0 aromatic heterocycles. The second-order valence-corrected chi connectivity index (χ2v) is 8.26. The number of carbonyl (C=O) groups is 2. The van der Waals surface area contributed by atoms with Crippen molar-refractivity contribution in [1.82, 2.24) is 0 Å². The van der Waals surface area contributed by atoms with Gasteiger partial charge in [-0.15, -0.1) is 0 Å². The molecule has 35 heavy (non-hydrogen) atoms. The van der Waals surface area contributed by atoms with Gasteiger partial charge in [0.05, 0.1) is 16.8 Å². The van der Waals surface area contributed by atoms with Crippen molar-refractivity contribution in [2.24, 2.45) is 0 Å². The second kappa shape index (κ2) is 9.63. The highest BCUT2D eigenvalue weighted by atomic mass is 19.4. The molecule has 2 aromatic rings. The van der Waals surface area contributed by atoms with Gasteiger partial charge in [-0.25, -0.2) is 18.0 Å². The minimum atomic E-state index is -4.99. The Balaban J connectivity index is 2.15. The fourth-order valence-electron chi connectivity index (χ4n) is 3.77. The van der Waals surface area contributed by atoms with Crippen LogP contribution in [-0.4, -0.2) is 42.0 Å². The predicted octanol–water partition coefficient (Wildman–Crippen LogP) is 5.83. The van der Waals surface area contributed by atoms with Gasteiger partial charge in [0.2, 0.25) is 0 Å². The van der Waals surface area contributed by atoms with Gasteiger partial charge in [-0.1, -0.05) is 0 Å². The van der Waals surface area contributed by atoms with Crippen LogP contribution in [0.15, 0.2) is 42.5 Å². The molecular formula is C24H21F6NO4. The molecule has 1 heterocycles. The van der Waals surface area contributed by atoms with Crippen LogP contribution in [0.2, 0.25) is 0 Å². The van der Waals surface area contributed by atoms with E-state index in [-0.39, 0.29) is 17.0 Å². The maximum atomic E-state index is 15.5. The lowest BCUT2D eigenvalue weighted by Gasteiger charge is -2.25. The normalized spacial score (nSPS) is 20.2. The molecule has 1 unspecified atom stereocenters. The summed E-state index contributed by atoms with van der Waals surface area (Å²) >= 11 is 0. The third-order valence-electron chi connectivity index (χ3n) is 5.43. The number of anilines is 1. The van der Waals surface area contributed by atoms with Crippen molar-refractivity contribution in [2.45, 2.75) is 38.3 Å². The number of carboxylic acid groups (broad SMARTS) is 1. The Morgan fingerprint density at radius 3 is 2.51 bits per heavy atom. The lowest BCUT2D eigenvalue weighted by molar-refractivity contribution is -0.138. The molecule has 0 radical (unpaired) electrons. The van der Waals surface area contributed by atoms with Gasteiger partial charge in [0, 0.05) is 30.2 Å². The first-order chi connectivity index (χ1) is 16.2. The van der Waals surface area contributed by atoms with Gasteiger partial charge in [0.25, 0.3) is 5.91 Å². The molecule has 1 aliphatic heterocycles. The van der Waals surface area contributed by atoms with Crippen molar-refractivity contribution in [3.05, 3.63) is 65.0 Å². The van der Waals surface area contributed by atoms with Crippen molar-refractivity contribution >= 4 is 23.1 Å². The zero-order valence-electron chi connectivity index (χ0n) is 18.6. The molecule has 188 valence electrons. The van der Waals surface area contributed by atoms with E-state index in [2.05, 4.69) is 0 Å². The molecule has 1 aliphatic rings. The van der Waals surface area contributed by atoms with Gasteiger partial charge in [0.1, 0.15) is 30.0 Å². The van der Waals surface area contributed by atoms with Gasteiger partial charge in [-0.3, -0.25) is 4.79 Å². The Kier molecular flexibility index (Phi) is 7.18. The first-order valence-corrected chi connectivity index (χ1v) is 10.4. The summed E-state index contributed by atoms with van der Waals surface area (Å²) in [6.45, 7) is 1.29.